The summed E-state index contributed by atoms with van der Waals surface area (Å²) in [5, 5.41) is 9.48. The zero-order valence-corrected chi connectivity index (χ0v) is 11.4. The maximum Gasteiger partial charge on any atom is 0.115 e. The predicted molar refractivity (Wildman–Crippen MR) is 83.7 cm³/mol. The summed E-state index contributed by atoms with van der Waals surface area (Å²) in [7, 11) is 0. The number of phenols is 1. The van der Waals surface area contributed by atoms with Crippen LogP contribution in [0.25, 0.3) is 22.3 Å². The number of hydrogen-bond donors (Lipinski definition) is 1. The molecule has 0 aromatic heterocycles. The monoisotopic (exact) mass is 260 g/mol. The molecule has 0 atom stereocenters. The van der Waals surface area contributed by atoms with E-state index < -0.39 is 0 Å². The van der Waals surface area contributed by atoms with Crippen LogP contribution in [0.3, 0.4) is 0 Å². The van der Waals surface area contributed by atoms with Crippen molar-refractivity contribution in [2.24, 2.45) is 0 Å². The van der Waals surface area contributed by atoms with Gasteiger partial charge in [0.25, 0.3) is 0 Å². The van der Waals surface area contributed by atoms with Crippen molar-refractivity contribution in [3.8, 4) is 28.0 Å². The lowest BCUT2D eigenvalue weighted by Crippen LogP contribution is -1.84. The van der Waals surface area contributed by atoms with Crippen LogP contribution < -0.4 is 0 Å². The molecule has 98 valence electrons. The summed E-state index contributed by atoms with van der Waals surface area (Å²) >= 11 is 0. The average molecular weight is 260 g/mol. The molecule has 0 radical (unpaired) electrons. The molecule has 0 amide bonds. The lowest BCUT2D eigenvalue weighted by molar-refractivity contribution is 0.475. The van der Waals surface area contributed by atoms with Gasteiger partial charge < -0.3 is 5.11 Å². The molecule has 0 saturated carbocycles. The number of aromatic hydroxyl groups is 1. The Morgan fingerprint density at radius 1 is 0.650 bits per heavy atom. The SMILES string of the molecule is Cc1cc(O)ccc1-c1ccc(-c2ccccc2)cc1. The van der Waals surface area contributed by atoms with E-state index >= 15 is 0 Å². The van der Waals surface area contributed by atoms with Crippen LogP contribution in [-0.2, 0) is 0 Å². The van der Waals surface area contributed by atoms with Crippen molar-refractivity contribution in [2.75, 3.05) is 0 Å². The van der Waals surface area contributed by atoms with Gasteiger partial charge in [0.1, 0.15) is 5.75 Å². The molecule has 0 fully saturated rings. The van der Waals surface area contributed by atoms with Crippen molar-refractivity contribution in [3.05, 3.63) is 78.4 Å². The second-order valence-electron chi connectivity index (χ2n) is 4.94. The van der Waals surface area contributed by atoms with Crippen molar-refractivity contribution in [1.29, 1.82) is 0 Å². The molecular weight excluding hydrogens is 244 g/mol. The highest BCUT2D eigenvalue weighted by Gasteiger charge is 2.03. The number of hydrogen-bond acceptors (Lipinski definition) is 1. The van der Waals surface area contributed by atoms with Gasteiger partial charge in [-0.25, -0.2) is 0 Å². The van der Waals surface area contributed by atoms with Gasteiger partial charge >= 0.3 is 0 Å². The van der Waals surface area contributed by atoms with Gasteiger partial charge in [0.2, 0.25) is 0 Å². The molecule has 0 saturated heterocycles. The van der Waals surface area contributed by atoms with Crippen LogP contribution >= 0.6 is 0 Å². The molecule has 0 aliphatic rings. The Labute approximate surface area is 119 Å². The van der Waals surface area contributed by atoms with Gasteiger partial charge in [-0.2, -0.15) is 0 Å². The first-order chi connectivity index (χ1) is 9.74. The maximum atomic E-state index is 9.48. The molecule has 1 N–H and O–H groups in total. The quantitative estimate of drug-likeness (QED) is 0.684. The fourth-order valence-corrected chi connectivity index (χ4v) is 2.44. The van der Waals surface area contributed by atoms with Crippen LogP contribution in [0.4, 0.5) is 0 Å². The van der Waals surface area contributed by atoms with Gasteiger partial charge in [-0.1, -0.05) is 60.7 Å². The molecule has 0 aliphatic heterocycles. The van der Waals surface area contributed by atoms with Gasteiger partial charge in [0, 0.05) is 0 Å². The van der Waals surface area contributed by atoms with Crippen molar-refractivity contribution in [2.45, 2.75) is 6.92 Å². The van der Waals surface area contributed by atoms with Crippen LogP contribution in [0.5, 0.6) is 5.75 Å². The van der Waals surface area contributed by atoms with Gasteiger partial charge in [-0.15, -0.1) is 0 Å². The lowest BCUT2D eigenvalue weighted by atomic mass is 9.97. The van der Waals surface area contributed by atoms with Gasteiger partial charge in [-0.3, -0.25) is 0 Å². The number of rotatable bonds is 2. The van der Waals surface area contributed by atoms with Crippen LogP contribution in [0, 0.1) is 6.92 Å². The molecule has 20 heavy (non-hydrogen) atoms. The first kappa shape index (κ1) is 12.5. The third-order valence-electron chi connectivity index (χ3n) is 3.51. The molecule has 1 heteroatoms. The molecule has 0 heterocycles. The summed E-state index contributed by atoms with van der Waals surface area (Å²) in [5.74, 6) is 0.312. The largest absolute Gasteiger partial charge is 0.508 e. The Morgan fingerprint density at radius 2 is 1.25 bits per heavy atom. The second-order valence-corrected chi connectivity index (χ2v) is 4.94. The van der Waals surface area contributed by atoms with Gasteiger partial charge in [-0.05, 0) is 46.9 Å². The van der Waals surface area contributed by atoms with E-state index in [1.54, 1.807) is 12.1 Å². The van der Waals surface area contributed by atoms with E-state index in [2.05, 4.69) is 36.4 Å². The smallest absolute Gasteiger partial charge is 0.115 e. The Kier molecular flexibility index (Phi) is 3.26. The fraction of sp³-hybridized carbons (Fsp3) is 0.0526. The molecule has 0 unspecified atom stereocenters. The third kappa shape index (κ3) is 2.43. The van der Waals surface area contributed by atoms with Crippen LogP contribution in [0.1, 0.15) is 5.56 Å². The van der Waals surface area contributed by atoms with Crippen LogP contribution in [-0.4, -0.2) is 5.11 Å². The van der Waals surface area contributed by atoms with E-state index in [9.17, 15) is 5.11 Å². The molecule has 0 aliphatic carbocycles. The van der Waals surface area contributed by atoms with E-state index in [-0.39, 0.29) is 0 Å². The van der Waals surface area contributed by atoms with E-state index in [1.165, 1.54) is 16.7 Å². The zero-order valence-electron chi connectivity index (χ0n) is 11.4. The molecule has 0 spiro atoms. The van der Waals surface area contributed by atoms with Crippen molar-refractivity contribution >= 4 is 0 Å². The molecule has 3 rings (SSSR count). The molecule has 3 aromatic carbocycles. The number of benzene rings is 3. The predicted octanol–water partition coefficient (Wildman–Crippen LogP) is 5.03. The first-order valence-corrected chi connectivity index (χ1v) is 6.69. The lowest BCUT2D eigenvalue weighted by Gasteiger charge is -2.08. The minimum atomic E-state index is 0.312. The summed E-state index contributed by atoms with van der Waals surface area (Å²) in [6.45, 7) is 2.01. The highest BCUT2D eigenvalue weighted by Crippen LogP contribution is 2.28. The minimum absolute atomic E-state index is 0.312. The average Bonchev–Trinajstić information content (AvgIpc) is 2.48. The summed E-state index contributed by atoms with van der Waals surface area (Å²) in [4.78, 5) is 0. The Morgan fingerprint density at radius 3 is 1.90 bits per heavy atom. The topological polar surface area (TPSA) is 20.2 Å². The summed E-state index contributed by atoms with van der Waals surface area (Å²) < 4.78 is 0. The van der Waals surface area contributed by atoms with E-state index in [4.69, 9.17) is 0 Å². The zero-order chi connectivity index (χ0) is 13.9. The molecule has 0 bridgehead atoms. The highest BCUT2D eigenvalue weighted by molar-refractivity contribution is 5.72. The molecular formula is C19H16O. The van der Waals surface area contributed by atoms with Gasteiger partial charge in [0.05, 0.1) is 0 Å². The Balaban J connectivity index is 1.97. The maximum absolute atomic E-state index is 9.48. The summed E-state index contributed by atoms with van der Waals surface area (Å²) in [6, 6.07) is 24.4. The summed E-state index contributed by atoms with van der Waals surface area (Å²) in [6.07, 6.45) is 0. The van der Waals surface area contributed by atoms with E-state index in [0.717, 1.165) is 11.1 Å². The fourth-order valence-electron chi connectivity index (χ4n) is 2.44. The van der Waals surface area contributed by atoms with E-state index in [1.807, 2.05) is 31.2 Å². The van der Waals surface area contributed by atoms with Crippen molar-refractivity contribution < 1.29 is 5.11 Å². The normalized spacial score (nSPS) is 10.4. The standard InChI is InChI=1S/C19H16O/c1-14-13-18(20)11-12-19(14)17-9-7-16(8-10-17)15-5-3-2-4-6-15/h2-13,20H,1H3. The Bertz CT molecular complexity index is 713. The third-order valence-corrected chi connectivity index (χ3v) is 3.51. The van der Waals surface area contributed by atoms with Gasteiger partial charge in [0.15, 0.2) is 0 Å². The molecule has 3 aromatic rings. The Hall–Kier alpha value is -2.54. The van der Waals surface area contributed by atoms with Crippen molar-refractivity contribution in [3.63, 3.8) is 0 Å². The number of aryl methyl sites for hydroxylation is 1. The highest BCUT2D eigenvalue weighted by atomic mass is 16.3. The number of phenolic OH excluding ortho intramolecular Hbond substituents is 1. The van der Waals surface area contributed by atoms with E-state index in [0.29, 0.717) is 5.75 Å². The molecule has 1 nitrogen and oxygen atoms in total. The first-order valence-electron chi connectivity index (χ1n) is 6.69. The second kappa shape index (κ2) is 5.22. The minimum Gasteiger partial charge on any atom is -0.508 e. The summed E-state index contributed by atoms with van der Waals surface area (Å²) in [5.41, 5.74) is 5.84. The van der Waals surface area contributed by atoms with Crippen molar-refractivity contribution in [1.82, 2.24) is 0 Å². The van der Waals surface area contributed by atoms with Crippen LogP contribution in [0.2, 0.25) is 0 Å². The van der Waals surface area contributed by atoms with Crippen LogP contribution in [0.15, 0.2) is 72.8 Å².